The fourth-order valence-corrected chi connectivity index (χ4v) is 4.93. The van der Waals surface area contributed by atoms with Crippen LogP contribution in [0.25, 0.3) is 0 Å². The number of hydrogen-bond acceptors (Lipinski definition) is 4. The highest BCUT2D eigenvalue weighted by Crippen LogP contribution is 2.33. The molecule has 154 valence electrons. The lowest BCUT2D eigenvalue weighted by Crippen LogP contribution is -2.28. The second-order valence-corrected chi connectivity index (χ2v) is 8.85. The number of halogens is 4. The molecule has 1 saturated carbocycles. The Labute approximate surface area is 164 Å². The summed E-state index contributed by atoms with van der Waals surface area (Å²) in [6.07, 6.45) is -2.80. The van der Waals surface area contributed by atoms with Gasteiger partial charge in [0.15, 0.2) is 9.84 Å². The van der Waals surface area contributed by atoms with Crippen LogP contribution in [0.4, 0.5) is 17.6 Å². The van der Waals surface area contributed by atoms with Crippen LogP contribution in [-0.2, 0) is 16.0 Å². The van der Waals surface area contributed by atoms with Gasteiger partial charge in [0, 0.05) is 23.5 Å². The van der Waals surface area contributed by atoms with Crippen molar-refractivity contribution >= 4 is 21.5 Å². The molecule has 1 aliphatic carbocycles. The SMILES string of the molecule is O=C(N=C1CCC(S(=O)(=O)c2cccc(C(F)(F)F)c2)CC1)c1ccnc(F)c1. The average molecular weight is 428 g/mol. The molecule has 1 aliphatic rings. The number of benzene rings is 1. The molecular weight excluding hydrogens is 412 g/mol. The van der Waals surface area contributed by atoms with E-state index < -0.39 is 38.7 Å². The first-order chi connectivity index (χ1) is 13.6. The summed E-state index contributed by atoms with van der Waals surface area (Å²) in [7, 11) is -3.95. The third kappa shape index (κ3) is 4.87. The smallest absolute Gasteiger partial charge is 0.267 e. The highest BCUT2D eigenvalue weighted by Gasteiger charge is 2.35. The maximum Gasteiger partial charge on any atom is 0.416 e. The number of pyridine rings is 1. The van der Waals surface area contributed by atoms with Crippen molar-refractivity contribution in [2.45, 2.75) is 42.0 Å². The summed E-state index contributed by atoms with van der Waals surface area (Å²) in [5.41, 5.74) is -0.516. The molecule has 1 aromatic heterocycles. The molecule has 0 aliphatic heterocycles. The van der Waals surface area contributed by atoms with Gasteiger partial charge in [-0.1, -0.05) is 6.07 Å². The molecule has 1 fully saturated rings. The Hall–Kier alpha value is -2.62. The fourth-order valence-electron chi connectivity index (χ4n) is 3.13. The first kappa shape index (κ1) is 21.1. The van der Waals surface area contributed by atoms with E-state index in [2.05, 4.69) is 9.98 Å². The lowest BCUT2D eigenvalue weighted by molar-refractivity contribution is -0.137. The van der Waals surface area contributed by atoms with Gasteiger partial charge in [-0.05, 0) is 49.9 Å². The zero-order valence-corrected chi connectivity index (χ0v) is 15.8. The molecule has 0 spiro atoms. The van der Waals surface area contributed by atoms with E-state index in [9.17, 15) is 30.8 Å². The standard InChI is InChI=1S/C19H16F4N2O3S/c20-17-10-12(8-9-24-17)18(26)25-14-4-6-15(7-5-14)29(27,28)16-3-1-2-13(11-16)19(21,22)23/h1-3,8-11,15H,4-7H2. The summed E-state index contributed by atoms with van der Waals surface area (Å²) < 4.78 is 77.2. The fraction of sp³-hybridized carbons (Fsp3) is 0.316. The van der Waals surface area contributed by atoms with Crippen molar-refractivity contribution in [3.63, 3.8) is 0 Å². The van der Waals surface area contributed by atoms with Gasteiger partial charge in [0.2, 0.25) is 5.95 Å². The van der Waals surface area contributed by atoms with Crippen LogP contribution in [0.15, 0.2) is 52.5 Å². The Morgan fingerprint density at radius 1 is 1.10 bits per heavy atom. The Morgan fingerprint density at radius 2 is 1.79 bits per heavy atom. The zero-order valence-electron chi connectivity index (χ0n) is 15.0. The normalized spacial score (nSPS) is 17.8. The minimum Gasteiger partial charge on any atom is -0.267 e. The molecule has 0 bridgehead atoms. The molecule has 1 heterocycles. The quantitative estimate of drug-likeness (QED) is 0.541. The number of sulfone groups is 1. The van der Waals surface area contributed by atoms with Gasteiger partial charge in [-0.25, -0.2) is 18.4 Å². The summed E-state index contributed by atoms with van der Waals surface area (Å²) in [6.45, 7) is 0. The summed E-state index contributed by atoms with van der Waals surface area (Å²) in [5.74, 6) is -1.47. The minimum atomic E-state index is -4.63. The number of carbonyl (C=O) groups excluding carboxylic acids is 1. The molecule has 0 N–H and O–H groups in total. The second kappa shape index (κ2) is 8.02. The van der Waals surface area contributed by atoms with Crippen molar-refractivity contribution in [1.29, 1.82) is 0 Å². The van der Waals surface area contributed by atoms with Gasteiger partial charge in [-0.2, -0.15) is 17.6 Å². The zero-order chi connectivity index (χ0) is 21.2. The molecule has 0 radical (unpaired) electrons. The van der Waals surface area contributed by atoms with E-state index in [1.54, 1.807) is 0 Å². The predicted molar refractivity (Wildman–Crippen MR) is 96.8 cm³/mol. The van der Waals surface area contributed by atoms with E-state index in [1.807, 2.05) is 0 Å². The first-order valence-corrected chi connectivity index (χ1v) is 10.3. The number of aliphatic imine (C=N–C) groups is 1. The van der Waals surface area contributed by atoms with Crippen LogP contribution in [-0.4, -0.2) is 30.3 Å². The maximum atomic E-state index is 13.1. The van der Waals surface area contributed by atoms with Crippen LogP contribution in [0.2, 0.25) is 0 Å². The van der Waals surface area contributed by atoms with E-state index in [4.69, 9.17) is 0 Å². The van der Waals surface area contributed by atoms with E-state index in [0.29, 0.717) is 11.8 Å². The highest BCUT2D eigenvalue weighted by atomic mass is 32.2. The largest absolute Gasteiger partial charge is 0.416 e. The molecule has 3 rings (SSSR count). The molecule has 1 amide bonds. The third-order valence-corrected chi connectivity index (χ3v) is 6.93. The van der Waals surface area contributed by atoms with E-state index in [1.165, 1.54) is 6.07 Å². The van der Waals surface area contributed by atoms with E-state index in [-0.39, 0.29) is 36.1 Å². The van der Waals surface area contributed by atoms with Crippen molar-refractivity contribution in [2.75, 3.05) is 0 Å². The lowest BCUT2D eigenvalue weighted by Gasteiger charge is -2.23. The van der Waals surface area contributed by atoms with Crippen LogP contribution in [0.3, 0.4) is 0 Å². The van der Waals surface area contributed by atoms with Crippen molar-refractivity contribution in [3.8, 4) is 0 Å². The van der Waals surface area contributed by atoms with Gasteiger partial charge >= 0.3 is 6.18 Å². The van der Waals surface area contributed by atoms with Crippen LogP contribution < -0.4 is 0 Å². The summed E-state index contributed by atoms with van der Waals surface area (Å²) in [5, 5.41) is -0.863. The Kier molecular flexibility index (Phi) is 5.83. The molecule has 0 unspecified atom stereocenters. The topological polar surface area (TPSA) is 76.5 Å². The Balaban J connectivity index is 1.72. The van der Waals surface area contributed by atoms with E-state index in [0.717, 1.165) is 30.5 Å². The van der Waals surface area contributed by atoms with Crippen LogP contribution in [0.5, 0.6) is 0 Å². The van der Waals surface area contributed by atoms with Gasteiger partial charge < -0.3 is 0 Å². The highest BCUT2D eigenvalue weighted by molar-refractivity contribution is 7.92. The average Bonchev–Trinajstić information content (AvgIpc) is 2.68. The van der Waals surface area contributed by atoms with Gasteiger partial charge in [0.05, 0.1) is 15.7 Å². The van der Waals surface area contributed by atoms with Crippen LogP contribution in [0, 0.1) is 5.95 Å². The van der Waals surface area contributed by atoms with E-state index >= 15 is 0 Å². The molecule has 1 aromatic carbocycles. The Bertz CT molecular complexity index is 1060. The molecule has 0 atom stereocenters. The minimum absolute atomic E-state index is 0.0312. The second-order valence-electron chi connectivity index (χ2n) is 6.62. The molecule has 29 heavy (non-hydrogen) atoms. The summed E-state index contributed by atoms with van der Waals surface area (Å²) in [6, 6.07) is 5.95. The summed E-state index contributed by atoms with van der Waals surface area (Å²) >= 11 is 0. The number of aromatic nitrogens is 1. The van der Waals surface area contributed by atoms with Crippen LogP contribution >= 0.6 is 0 Å². The van der Waals surface area contributed by atoms with Crippen LogP contribution in [0.1, 0.15) is 41.6 Å². The van der Waals surface area contributed by atoms with Crippen molar-refractivity contribution in [2.24, 2.45) is 4.99 Å². The maximum absolute atomic E-state index is 13.1. The van der Waals surface area contributed by atoms with Gasteiger partial charge in [0.1, 0.15) is 0 Å². The molecule has 10 heteroatoms. The van der Waals surface area contributed by atoms with Crippen molar-refractivity contribution in [3.05, 3.63) is 59.7 Å². The van der Waals surface area contributed by atoms with Crippen molar-refractivity contribution in [1.82, 2.24) is 4.98 Å². The monoisotopic (exact) mass is 428 g/mol. The number of rotatable bonds is 3. The molecule has 0 saturated heterocycles. The first-order valence-electron chi connectivity index (χ1n) is 8.71. The molecule has 5 nitrogen and oxygen atoms in total. The van der Waals surface area contributed by atoms with Gasteiger partial charge in [0.25, 0.3) is 5.91 Å². The van der Waals surface area contributed by atoms with Gasteiger partial charge in [-0.3, -0.25) is 4.79 Å². The number of carbonyl (C=O) groups is 1. The predicted octanol–water partition coefficient (Wildman–Crippen LogP) is 4.24. The van der Waals surface area contributed by atoms with Gasteiger partial charge in [-0.15, -0.1) is 0 Å². The van der Waals surface area contributed by atoms with Crippen molar-refractivity contribution < 1.29 is 30.8 Å². The molecular formula is C19H16F4N2O3S. The number of alkyl halides is 3. The third-order valence-electron chi connectivity index (χ3n) is 4.67. The molecule has 2 aromatic rings. The number of hydrogen-bond donors (Lipinski definition) is 0. The lowest BCUT2D eigenvalue weighted by atomic mass is 9.98. The Morgan fingerprint density at radius 3 is 2.41 bits per heavy atom. The number of amides is 1. The summed E-state index contributed by atoms with van der Waals surface area (Å²) in [4.78, 5) is 19.0. The number of nitrogens with zero attached hydrogens (tertiary/aromatic N) is 2.